The zero-order valence-electron chi connectivity index (χ0n) is 10.8. The maximum absolute atomic E-state index is 12.0. The molecular weight excluding hydrogens is 250 g/mol. The van der Waals surface area contributed by atoms with Crippen molar-refractivity contribution >= 4 is 11.7 Å². The van der Waals surface area contributed by atoms with Crippen LogP contribution in [0.15, 0.2) is 23.4 Å². The normalized spacial score (nSPS) is 10.9. The van der Waals surface area contributed by atoms with Crippen molar-refractivity contribution in [1.29, 1.82) is 0 Å². The average molecular weight is 267 g/mol. The van der Waals surface area contributed by atoms with Gasteiger partial charge < -0.3 is 25.7 Å². The van der Waals surface area contributed by atoms with Crippen LogP contribution in [0.3, 0.4) is 0 Å². The molecule has 0 aliphatic rings. The molecule has 0 radical (unpaired) electrons. The number of amides is 1. The number of amidine groups is 1. The predicted octanol–water partition coefficient (Wildman–Crippen LogP) is 0.570. The highest BCUT2D eigenvalue weighted by atomic mass is 16.5. The van der Waals surface area contributed by atoms with Gasteiger partial charge in [0.2, 0.25) is 0 Å². The SMILES string of the molecule is COc1cccc(C(=O)NCCC(N)=NO)c1OC. The number of nitrogens with one attached hydrogen (secondary N) is 1. The highest BCUT2D eigenvalue weighted by Gasteiger charge is 2.15. The highest BCUT2D eigenvalue weighted by molar-refractivity contribution is 5.98. The third-order valence-electron chi connectivity index (χ3n) is 2.44. The summed E-state index contributed by atoms with van der Waals surface area (Å²) in [6.45, 7) is 0.259. The van der Waals surface area contributed by atoms with Gasteiger partial charge in [-0.3, -0.25) is 4.79 Å². The number of benzene rings is 1. The minimum atomic E-state index is -0.318. The molecule has 0 spiro atoms. The van der Waals surface area contributed by atoms with Crippen molar-refractivity contribution in [2.45, 2.75) is 6.42 Å². The average Bonchev–Trinajstić information content (AvgIpc) is 2.45. The van der Waals surface area contributed by atoms with E-state index in [2.05, 4.69) is 10.5 Å². The van der Waals surface area contributed by atoms with Gasteiger partial charge in [0.15, 0.2) is 11.5 Å². The fourth-order valence-electron chi connectivity index (χ4n) is 1.52. The third kappa shape index (κ3) is 3.77. The zero-order chi connectivity index (χ0) is 14.3. The first-order valence-corrected chi connectivity index (χ1v) is 5.59. The Morgan fingerprint density at radius 2 is 2.16 bits per heavy atom. The Balaban J connectivity index is 2.77. The first kappa shape index (κ1) is 14.6. The molecule has 4 N–H and O–H groups in total. The molecule has 7 heteroatoms. The van der Waals surface area contributed by atoms with Gasteiger partial charge in [-0.25, -0.2) is 0 Å². The fraction of sp³-hybridized carbons (Fsp3) is 0.333. The summed E-state index contributed by atoms with van der Waals surface area (Å²) >= 11 is 0. The van der Waals surface area contributed by atoms with Crippen molar-refractivity contribution in [3.8, 4) is 11.5 Å². The number of carbonyl (C=O) groups is 1. The molecule has 0 saturated heterocycles. The Labute approximate surface area is 111 Å². The van der Waals surface area contributed by atoms with Crippen LogP contribution < -0.4 is 20.5 Å². The summed E-state index contributed by atoms with van der Waals surface area (Å²) in [7, 11) is 2.96. The molecule has 0 aliphatic carbocycles. The van der Waals surface area contributed by atoms with Gasteiger partial charge in [-0.2, -0.15) is 0 Å². The molecule has 104 valence electrons. The molecule has 0 aliphatic heterocycles. The number of para-hydroxylation sites is 1. The van der Waals surface area contributed by atoms with E-state index in [9.17, 15) is 4.79 Å². The van der Waals surface area contributed by atoms with Crippen LogP contribution in [-0.2, 0) is 0 Å². The Kier molecular flexibility index (Phi) is 5.46. The van der Waals surface area contributed by atoms with Gasteiger partial charge >= 0.3 is 0 Å². The maximum Gasteiger partial charge on any atom is 0.255 e. The van der Waals surface area contributed by atoms with Crippen LogP contribution in [0, 0.1) is 0 Å². The van der Waals surface area contributed by atoms with Gasteiger partial charge in [0.1, 0.15) is 5.84 Å². The topological polar surface area (TPSA) is 106 Å². The molecule has 1 aromatic carbocycles. The molecule has 19 heavy (non-hydrogen) atoms. The number of methoxy groups -OCH3 is 2. The minimum absolute atomic E-state index is 0.0536. The molecule has 0 aromatic heterocycles. The summed E-state index contributed by atoms with van der Waals surface area (Å²) < 4.78 is 10.3. The third-order valence-corrected chi connectivity index (χ3v) is 2.44. The molecular formula is C12H17N3O4. The van der Waals surface area contributed by atoms with Crippen LogP contribution in [0.25, 0.3) is 0 Å². The van der Waals surface area contributed by atoms with Crippen molar-refractivity contribution in [2.75, 3.05) is 20.8 Å². The van der Waals surface area contributed by atoms with Crippen molar-refractivity contribution in [3.05, 3.63) is 23.8 Å². The number of hydrogen-bond acceptors (Lipinski definition) is 5. The number of carbonyl (C=O) groups excluding carboxylic acids is 1. The molecule has 0 saturated carbocycles. The van der Waals surface area contributed by atoms with Crippen molar-refractivity contribution in [1.82, 2.24) is 5.32 Å². The second kappa shape index (κ2) is 7.10. The van der Waals surface area contributed by atoms with E-state index in [0.717, 1.165) is 0 Å². The van der Waals surface area contributed by atoms with Gasteiger partial charge in [0.05, 0.1) is 19.8 Å². The quantitative estimate of drug-likeness (QED) is 0.302. The number of rotatable bonds is 6. The van der Waals surface area contributed by atoms with Gasteiger partial charge in [0, 0.05) is 13.0 Å². The summed E-state index contributed by atoms with van der Waals surface area (Å²) in [6, 6.07) is 5.02. The van der Waals surface area contributed by atoms with Gasteiger partial charge in [0.25, 0.3) is 5.91 Å². The van der Waals surface area contributed by atoms with Crippen LogP contribution in [0.2, 0.25) is 0 Å². The van der Waals surface area contributed by atoms with E-state index in [1.165, 1.54) is 14.2 Å². The van der Waals surface area contributed by atoms with Crippen LogP contribution >= 0.6 is 0 Å². The summed E-state index contributed by atoms with van der Waals surface area (Å²) in [5.74, 6) is 0.581. The van der Waals surface area contributed by atoms with E-state index >= 15 is 0 Å². The van der Waals surface area contributed by atoms with E-state index in [1.807, 2.05) is 0 Å². The zero-order valence-corrected chi connectivity index (χ0v) is 10.8. The molecule has 7 nitrogen and oxygen atoms in total. The number of nitrogens with zero attached hydrogens (tertiary/aromatic N) is 1. The fourth-order valence-corrected chi connectivity index (χ4v) is 1.52. The second-order valence-corrected chi connectivity index (χ2v) is 3.64. The molecule has 0 heterocycles. The summed E-state index contributed by atoms with van der Waals surface area (Å²) in [5.41, 5.74) is 5.67. The van der Waals surface area contributed by atoms with E-state index in [-0.39, 0.29) is 24.7 Å². The smallest absolute Gasteiger partial charge is 0.255 e. The highest BCUT2D eigenvalue weighted by Crippen LogP contribution is 2.30. The molecule has 0 fully saturated rings. The summed E-state index contributed by atoms with van der Waals surface area (Å²) in [5, 5.41) is 13.8. The van der Waals surface area contributed by atoms with Crippen LogP contribution in [0.1, 0.15) is 16.8 Å². The molecule has 1 rings (SSSR count). The van der Waals surface area contributed by atoms with E-state index in [0.29, 0.717) is 17.1 Å². The van der Waals surface area contributed by atoms with E-state index < -0.39 is 0 Å². The minimum Gasteiger partial charge on any atom is -0.493 e. The van der Waals surface area contributed by atoms with Gasteiger partial charge in [-0.15, -0.1) is 0 Å². The van der Waals surface area contributed by atoms with E-state index in [4.69, 9.17) is 20.4 Å². The molecule has 1 aromatic rings. The lowest BCUT2D eigenvalue weighted by Gasteiger charge is -2.12. The molecule has 0 bridgehead atoms. The van der Waals surface area contributed by atoms with Crippen LogP contribution in [0.4, 0.5) is 0 Å². The first-order valence-electron chi connectivity index (χ1n) is 5.59. The standard InChI is InChI=1S/C12H17N3O4/c1-18-9-5-3-4-8(11(9)19-2)12(16)14-7-6-10(13)15-17/h3-5,17H,6-7H2,1-2H3,(H2,13,15)(H,14,16). The van der Waals surface area contributed by atoms with Crippen LogP contribution in [-0.4, -0.2) is 37.7 Å². The number of ether oxygens (including phenoxy) is 2. The molecule has 0 atom stereocenters. The lowest BCUT2D eigenvalue weighted by Crippen LogP contribution is -2.28. The number of hydrogen-bond donors (Lipinski definition) is 3. The number of nitrogens with two attached hydrogens (primary N) is 1. The van der Waals surface area contributed by atoms with Crippen LogP contribution in [0.5, 0.6) is 11.5 Å². The lowest BCUT2D eigenvalue weighted by molar-refractivity contribution is 0.0951. The maximum atomic E-state index is 12.0. The van der Waals surface area contributed by atoms with Gasteiger partial charge in [-0.1, -0.05) is 11.2 Å². The van der Waals surface area contributed by atoms with Gasteiger partial charge in [-0.05, 0) is 12.1 Å². The Hall–Kier alpha value is -2.44. The van der Waals surface area contributed by atoms with E-state index in [1.54, 1.807) is 18.2 Å². The summed E-state index contributed by atoms with van der Waals surface area (Å²) in [6.07, 6.45) is 0.258. The Bertz CT molecular complexity index is 474. The largest absolute Gasteiger partial charge is 0.493 e. The molecule has 1 amide bonds. The number of oxime groups is 1. The van der Waals surface area contributed by atoms with Crippen molar-refractivity contribution < 1.29 is 19.5 Å². The lowest BCUT2D eigenvalue weighted by atomic mass is 10.1. The first-order chi connectivity index (χ1) is 9.13. The van der Waals surface area contributed by atoms with Crippen molar-refractivity contribution in [3.63, 3.8) is 0 Å². The summed E-state index contributed by atoms with van der Waals surface area (Å²) in [4.78, 5) is 12.0. The predicted molar refractivity (Wildman–Crippen MR) is 69.9 cm³/mol. The second-order valence-electron chi connectivity index (χ2n) is 3.64. The van der Waals surface area contributed by atoms with Crippen molar-refractivity contribution in [2.24, 2.45) is 10.9 Å². The Morgan fingerprint density at radius 3 is 2.74 bits per heavy atom. The molecule has 0 unspecified atom stereocenters. The Morgan fingerprint density at radius 1 is 1.42 bits per heavy atom. The monoisotopic (exact) mass is 267 g/mol.